The Morgan fingerprint density at radius 1 is 1.29 bits per heavy atom. The van der Waals surface area contributed by atoms with Gasteiger partial charge in [-0.3, -0.25) is 14.3 Å². The van der Waals surface area contributed by atoms with Crippen molar-refractivity contribution in [2.24, 2.45) is 0 Å². The Morgan fingerprint density at radius 2 is 2.17 bits per heavy atom. The van der Waals surface area contributed by atoms with E-state index in [1.165, 1.54) is 0 Å². The molecule has 0 fully saturated rings. The highest BCUT2D eigenvalue weighted by Crippen LogP contribution is 2.22. The van der Waals surface area contributed by atoms with Gasteiger partial charge in [0, 0.05) is 29.3 Å². The molecule has 1 aromatic carbocycles. The molecule has 0 aliphatic heterocycles. The van der Waals surface area contributed by atoms with Gasteiger partial charge in [0.2, 0.25) is 5.91 Å². The number of carbonyl (C=O) groups excluding carboxylic acids is 2. The molecule has 6 nitrogen and oxygen atoms in total. The van der Waals surface area contributed by atoms with Crippen LogP contribution in [0.3, 0.4) is 0 Å². The standard InChI is InChI=1S/C18H20N4O2/c1-13-11-15(20-18(24)14-5-2-3-6-14)7-8-16(13)21-17(23)12-22-10-4-9-19-22/h4-5,7-11H,2-3,6,12H2,1H3,(H,20,24)(H,21,23). The van der Waals surface area contributed by atoms with Crippen LogP contribution < -0.4 is 10.6 Å². The molecule has 1 aromatic heterocycles. The van der Waals surface area contributed by atoms with Gasteiger partial charge in [0.1, 0.15) is 6.54 Å². The first-order valence-corrected chi connectivity index (χ1v) is 8.00. The van der Waals surface area contributed by atoms with E-state index in [2.05, 4.69) is 15.7 Å². The van der Waals surface area contributed by atoms with Crippen LogP contribution in [0, 0.1) is 6.92 Å². The Bertz CT molecular complexity index is 778. The van der Waals surface area contributed by atoms with Crippen molar-refractivity contribution in [1.82, 2.24) is 9.78 Å². The molecule has 0 atom stereocenters. The van der Waals surface area contributed by atoms with Crippen LogP contribution in [0.1, 0.15) is 24.8 Å². The highest BCUT2D eigenvalue weighted by Gasteiger charge is 2.14. The summed E-state index contributed by atoms with van der Waals surface area (Å²) in [7, 11) is 0. The zero-order valence-corrected chi connectivity index (χ0v) is 13.6. The number of rotatable bonds is 5. The van der Waals surface area contributed by atoms with Crippen LogP contribution in [0.2, 0.25) is 0 Å². The van der Waals surface area contributed by atoms with Gasteiger partial charge in [-0.25, -0.2) is 0 Å². The largest absolute Gasteiger partial charge is 0.324 e. The lowest BCUT2D eigenvalue weighted by atomic mass is 10.1. The Kier molecular flexibility index (Phi) is 4.74. The normalized spacial score (nSPS) is 13.5. The second kappa shape index (κ2) is 7.12. The van der Waals surface area contributed by atoms with E-state index < -0.39 is 0 Å². The molecule has 0 spiro atoms. The number of nitrogens with one attached hydrogen (secondary N) is 2. The fraction of sp³-hybridized carbons (Fsp3) is 0.278. The molecule has 24 heavy (non-hydrogen) atoms. The minimum absolute atomic E-state index is 0.0395. The van der Waals surface area contributed by atoms with Gasteiger partial charge in [-0.15, -0.1) is 0 Å². The van der Waals surface area contributed by atoms with Crippen LogP contribution in [0.5, 0.6) is 0 Å². The maximum Gasteiger partial charge on any atom is 0.251 e. The molecule has 0 unspecified atom stereocenters. The number of anilines is 2. The molecular formula is C18H20N4O2. The van der Waals surface area contributed by atoms with Crippen LogP contribution >= 0.6 is 0 Å². The Morgan fingerprint density at radius 3 is 2.83 bits per heavy atom. The number of aromatic nitrogens is 2. The summed E-state index contributed by atoms with van der Waals surface area (Å²) in [6.45, 7) is 2.06. The van der Waals surface area contributed by atoms with Crippen molar-refractivity contribution in [1.29, 1.82) is 0 Å². The second-order valence-corrected chi connectivity index (χ2v) is 5.86. The maximum absolute atomic E-state index is 12.1. The topological polar surface area (TPSA) is 76.0 Å². The van der Waals surface area contributed by atoms with Crippen molar-refractivity contribution in [3.63, 3.8) is 0 Å². The van der Waals surface area contributed by atoms with Crippen LogP contribution in [0.25, 0.3) is 0 Å². The zero-order chi connectivity index (χ0) is 16.9. The van der Waals surface area contributed by atoms with E-state index in [0.29, 0.717) is 0 Å². The number of hydrogen-bond acceptors (Lipinski definition) is 3. The molecule has 0 radical (unpaired) electrons. The van der Waals surface area contributed by atoms with E-state index >= 15 is 0 Å². The van der Waals surface area contributed by atoms with Crippen molar-refractivity contribution in [3.8, 4) is 0 Å². The summed E-state index contributed by atoms with van der Waals surface area (Å²) in [6, 6.07) is 7.23. The third kappa shape index (κ3) is 3.90. The SMILES string of the molecule is Cc1cc(NC(=O)C2=CCCC2)ccc1NC(=O)Cn1cccn1. The fourth-order valence-electron chi connectivity index (χ4n) is 2.70. The smallest absolute Gasteiger partial charge is 0.251 e. The van der Waals surface area contributed by atoms with Crippen LogP contribution in [0.4, 0.5) is 11.4 Å². The average Bonchev–Trinajstić information content (AvgIpc) is 3.23. The number of nitrogens with zero attached hydrogens (tertiary/aromatic N) is 2. The molecule has 0 bridgehead atoms. The quantitative estimate of drug-likeness (QED) is 0.888. The fourth-order valence-corrected chi connectivity index (χ4v) is 2.70. The van der Waals surface area contributed by atoms with Crippen molar-refractivity contribution in [2.75, 3.05) is 10.6 Å². The summed E-state index contributed by atoms with van der Waals surface area (Å²) < 4.78 is 1.56. The summed E-state index contributed by atoms with van der Waals surface area (Å²) in [5.74, 6) is -0.183. The first-order valence-electron chi connectivity index (χ1n) is 8.00. The van der Waals surface area contributed by atoms with E-state index in [-0.39, 0.29) is 18.4 Å². The molecule has 2 aromatic rings. The van der Waals surface area contributed by atoms with Gasteiger partial charge in [-0.2, -0.15) is 5.10 Å². The number of allylic oxidation sites excluding steroid dienone is 1. The zero-order valence-electron chi connectivity index (χ0n) is 13.6. The van der Waals surface area contributed by atoms with Gasteiger partial charge in [-0.05, 0) is 56.0 Å². The highest BCUT2D eigenvalue weighted by atomic mass is 16.2. The first-order chi connectivity index (χ1) is 11.6. The van der Waals surface area contributed by atoms with Crippen molar-refractivity contribution >= 4 is 23.2 Å². The van der Waals surface area contributed by atoms with E-state index in [4.69, 9.17) is 0 Å². The van der Waals surface area contributed by atoms with Crippen molar-refractivity contribution < 1.29 is 9.59 Å². The minimum Gasteiger partial charge on any atom is -0.324 e. The van der Waals surface area contributed by atoms with Crippen molar-refractivity contribution in [3.05, 3.63) is 53.9 Å². The van der Waals surface area contributed by atoms with E-state index in [0.717, 1.165) is 41.8 Å². The summed E-state index contributed by atoms with van der Waals surface area (Å²) >= 11 is 0. The van der Waals surface area contributed by atoms with Gasteiger partial charge in [0.15, 0.2) is 0 Å². The lowest BCUT2D eigenvalue weighted by molar-refractivity contribution is -0.117. The molecule has 1 aliphatic rings. The van der Waals surface area contributed by atoms with E-state index in [1.807, 2.05) is 19.1 Å². The molecule has 124 valence electrons. The van der Waals surface area contributed by atoms with Gasteiger partial charge in [-0.1, -0.05) is 6.08 Å². The molecule has 6 heteroatoms. The van der Waals surface area contributed by atoms with Gasteiger partial charge >= 0.3 is 0 Å². The Balaban J connectivity index is 1.61. The summed E-state index contributed by atoms with van der Waals surface area (Å²) in [6.07, 6.45) is 8.23. The monoisotopic (exact) mass is 324 g/mol. The van der Waals surface area contributed by atoms with Crippen LogP contribution in [-0.2, 0) is 16.1 Å². The number of carbonyl (C=O) groups is 2. The summed E-state index contributed by atoms with van der Waals surface area (Å²) in [5.41, 5.74) is 3.20. The lowest BCUT2D eigenvalue weighted by Crippen LogP contribution is -2.19. The number of benzene rings is 1. The molecule has 3 rings (SSSR count). The third-order valence-corrected chi connectivity index (χ3v) is 3.96. The summed E-state index contributed by atoms with van der Waals surface area (Å²) in [4.78, 5) is 24.1. The first kappa shape index (κ1) is 16.0. The Labute approximate surface area is 140 Å². The highest BCUT2D eigenvalue weighted by molar-refractivity contribution is 6.04. The number of aryl methyl sites for hydroxylation is 1. The number of amides is 2. The minimum atomic E-state index is -0.144. The van der Waals surface area contributed by atoms with E-state index in [1.54, 1.807) is 35.3 Å². The third-order valence-electron chi connectivity index (χ3n) is 3.96. The van der Waals surface area contributed by atoms with E-state index in [9.17, 15) is 9.59 Å². The van der Waals surface area contributed by atoms with Gasteiger partial charge in [0.05, 0.1) is 0 Å². The lowest BCUT2D eigenvalue weighted by Gasteiger charge is -2.11. The molecule has 2 N–H and O–H groups in total. The van der Waals surface area contributed by atoms with Crippen LogP contribution in [-0.4, -0.2) is 21.6 Å². The summed E-state index contributed by atoms with van der Waals surface area (Å²) in [5, 5.41) is 9.78. The Hall–Kier alpha value is -2.89. The molecule has 1 heterocycles. The molecular weight excluding hydrogens is 304 g/mol. The van der Waals surface area contributed by atoms with Crippen LogP contribution in [0.15, 0.2) is 48.3 Å². The predicted molar refractivity (Wildman–Crippen MR) is 92.6 cm³/mol. The average molecular weight is 324 g/mol. The number of hydrogen-bond donors (Lipinski definition) is 2. The van der Waals surface area contributed by atoms with Gasteiger partial charge in [0.25, 0.3) is 5.91 Å². The second-order valence-electron chi connectivity index (χ2n) is 5.86. The molecule has 2 amide bonds. The molecule has 0 saturated carbocycles. The van der Waals surface area contributed by atoms with Crippen molar-refractivity contribution in [2.45, 2.75) is 32.7 Å². The van der Waals surface area contributed by atoms with Gasteiger partial charge < -0.3 is 10.6 Å². The molecule has 0 saturated heterocycles. The predicted octanol–water partition coefficient (Wildman–Crippen LogP) is 2.88. The molecule has 1 aliphatic carbocycles. The maximum atomic E-state index is 12.1.